The van der Waals surface area contributed by atoms with Crippen LogP contribution >= 0.6 is 0 Å². The number of hydrogen-bond donors (Lipinski definition) is 2. The van der Waals surface area contributed by atoms with Crippen LogP contribution < -0.4 is 10.0 Å². The molecular weight excluding hydrogens is 438 g/mol. The number of fused-ring (bicyclic) bond motifs is 1. The van der Waals surface area contributed by atoms with Crippen molar-refractivity contribution in [1.29, 1.82) is 5.26 Å². The summed E-state index contributed by atoms with van der Waals surface area (Å²) in [5, 5.41) is 17.6. The summed E-state index contributed by atoms with van der Waals surface area (Å²) in [6, 6.07) is 9.28. The van der Waals surface area contributed by atoms with Gasteiger partial charge in [0, 0.05) is 30.0 Å². The molecule has 0 saturated carbocycles. The molecule has 9 nitrogen and oxygen atoms in total. The van der Waals surface area contributed by atoms with E-state index in [1.54, 1.807) is 18.3 Å². The second-order valence-corrected chi connectivity index (χ2v) is 9.79. The monoisotopic (exact) mass is 465 g/mol. The molecule has 0 bridgehead atoms. The highest BCUT2D eigenvalue weighted by molar-refractivity contribution is 7.92. The van der Waals surface area contributed by atoms with Gasteiger partial charge in [0.1, 0.15) is 17.5 Å². The van der Waals surface area contributed by atoms with E-state index in [1.807, 2.05) is 36.7 Å². The van der Waals surface area contributed by atoms with E-state index >= 15 is 0 Å². The molecule has 2 aromatic heterocycles. The van der Waals surface area contributed by atoms with E-state index in [-0.39, 0.29) is 11.6 Å². The number of aryl methyl sites for hydroxylation is 1. The van der Waals surface area contributed by atoms with Crippen LogP contribution in [0.4, 0.5) is 11.4 Å². The first-order valence-electron chi connectivity index (χ1n) is 11.2. The van der Waals surface area contributed by atoms with Crippen LogP contribution in [0.25, 0.3) is 22.5 Å². The zero-order valence-corrected chi connectivity index (χ0v) is 19.6. The minimum atomic E-state index is -3.41. The summed E-state index contributed by atoms with van der Waals surface area (Å²) in [4.78, 5) is 8.69. The van der Waals surface area contributed by atoms with E-state index in [0.29, 0.717) is 30.0 Å². The fourth-order valence-corrected chi connectivity index (χ4v) is 5.24. The molecule has 0 unspecified atom stereocenters. The molecule has 0 amide bonds. The van der Waals surface area contributed by atoms with Crippen molar-refractivity contribution in [2.24, 2.45) is 0 Å². The smallest absolute Gasteiger partial charge is 0.232 e. The Bertz CT molecular complexity index is 1310. The Hall–Kier alpha value is -3.45. The molecule has 0 aliphatic carbocycles. The van der Waals surface area contributed by atoms with Gasteiger partial charge in [-0.15, -0.1) is 0 Å². The van der Waals surface area contributed by atoms with Crippen LogP contribution in [-0.2, 0) is 23.0 Å². The van der Waals surface area contributed by atoms with Gasteiger partial charge in [-0.25, -0.2) is 18.4 Å². The molecule has 1 aliphatic heterocycles. The second-order valence-electron chi connectivity index (χ2n) is 7.95. The SMILES string of the molecule is CCCS(=O)(=O)Nc1cccc(-c2nn3c(c2-c2nc(C#N)ncc2NCC)CCCC3)c1. The highest BCUT2D eigenvalue weighted by atomic mass is 32.2. The van der Waals surface area contributed by atoms with Crippen molar-refractivity contribution in [3.63, 3.8) is 0 Å². The van der Waals surface area contributed by atoms with Gasteiger partial charge in [0.2, 0.25) is 15.8 Å². The van der Waals surface area contributed by atoms with Crippen molar-refractivity contribution in [3.05, 3.63) is 42.0 Å². The van der Waals surface area contributed by atoms with Crippen LogP contribution in [0, 0.1) is 11.3 Å². The second kappa shape index (κ2) is 9.58. The Morgan fingerprint density at radius 1 is 1.21 bits per heavy atom. The van der Waals surface area contributed by atoms with E-state index in [4.69, 9.17) is 5.10 Å². The summed E-state index contributed by atoms with van der Waals surface area (Å²) in [6.07, 6.45) is 5.10. The zero-order chi connectivity index (χ0) is 23.4. The van der Waals surface area contributed by atoms with Crippen molar-refractivity contribution >= 4 is 21.4 Å². The summed E-state index contributed by atoms with van der Waals surface area (Å²) in [7, 11) is -3.41. The maximum atomic E-state index is 12.3. The Labute approximate surface area is 193 Å². The van der Waals surface area contributed by atoms with Gasteiger partial charge >= 0.3 is 0 Å². The predicted molar refractivity (Wildman–Crippen MR) is 128 cm³/mol. The van der Waals surface area contributed by atoms with Gasteiger partial charge in [0.05, 0.1) is 23.2 Å². The zero-order valence-electron chi connectivity index (χ0n) is 18.8. The van der Waals surface area contributed by atoms with Crippen LogP contribution in [0.2, 0.25) is 0 Å². The molecule has 0 saturated heterocycles. The number of aromatic nitrogens is 4. The first-order valence-corrected chi connectivity index (χ1v) is 12.8. The van der Waals surface area contributed by atoms with Crippen LogP contribution in [-0.4, -0.2) is 40.5 Å². The lowest BCUT2D eigenvalue weighted by molar-refractivity contribution is 0.487. The van der Waals surface area contributed by atoms with E-state index in [9.17, 15) is 13.7 Å². The number of benzene rings is 1. The number of hydrogen-bond acceptors (Lipinski definition) is 7. The number of nitriles is 1. The summed E-state index contributed by atoms with van der Waals surface area (Å²) in [6.45, 7) is 5.30. The van der Waals surface area contributed by atoms with E-state index < -0.39 is 10.0 Å². The number of sulfonamides is 1. The lowest BCUT2D eigenvalue weighted by Crippen LogP contribution is -2.16. The Morgan fingerprint density at radius 3 is 2.82 bits per heavy atom. The van der Waals surface area contributed by atoms with Crippen molar-refractivity contribution in [2.45, 2.75) is 46.1 Å². The lowest BCUT2D eigenvalue weighted by atomic mass is 9.98. The van der Waals surface area contributed by atoms with E-state index in [0.717, 1.165) is 48.3 Å². The highest BCUT2D eigenvalue weighted by Crippen LogP contribution is 2.39. The first kappa shape index (κ1) is 22.7. The molecule has 1 aliphatic rings. The standard InChI is InChI=1S/C23H27N7O2S/c1-3-12-33(31,32)29-17-9-7-8-16(13-17)22-21(19-10-5-6-11-30(19)28-22)23-18(25-4-2)15-26-20(14-24)27-23/h7-9,13,15,25,29H,3-6,10-12H2,1-2H3. The normalized spacial score (nSPS) is 13.2. The minimum Gasteiger partial charge on any atom is -0.382 e. The molecule has 4 rings (SSSR count). The average Bonchev–Trinajstić information content (AvgIpc) is 3.19. The fraction of sp³-hybridized carbons (Fsp3) is 0.391. The van der Waals surface area contributed by atoms with Gasteiger partial charge < -0.3 is 5.32 Å². The van der Waals surface area contributed by atoms with Gasteiger partial charge in [-0.1, -0.05) is 19.1 Å². The Balaban J connectivity index is 1.88. The number of nitrogens with zero attached hydrogens (tertiary/aromatic N) is 5. The highest BCUT2D eigenvalue weighted by Gasteiger charge is 2.26. The molecule has 3 heterocycles. The van der Waals surface area contributed by atoms with Crippen LogP contribution in [0.5, 0.6) is 0 Å². The molecule has 0 spiro atoms. The van der Waals surface area contributed by atoms with Gasteiger partial charge in [0.25, 0.3) is 0 Å². The largest absolute Gasteiger partial charge is 0.382 e. The van der Waals surface area contributed by atoms with Crippen molar-refractivity contribution < 1.29 is 8.42 Å². The molecule has 0 fully saturated rings. The third-order valence-corrected chi connectivity index (χ3v) is 6.96. The quantitative estimate of drug-likeness (QED) is 0.518. The predicted octanol–water partition coefficient (Wildman–Crippen LogP) is 3.80. The maximum Gasteiger partial charge on any atom is 0.232 e. The number of rotatable bonds is 8. The molecule has 33 heavy (non-hydrogen) atoms. The molecule has 2 N–H and O–H groups in total. The third kappa shape index (κ3) is 4.83. The fourth-order valence-electron chi connectivity index (χ4n) is 4.12. The number of anilines is 2. The maximum absolute atomic E-state index is 12.3. The van der Waals surface area contributed by atoms with Crippen LogP contribution in [0.1, 0.15) is 44.6 Å². The van der Waals surface area contributed by atoms with Gasteiger partial charge in [-0.3, -0.25) is 9.40 Å². The molecule has 172 valence electrons. The summed E-state index contributed by atoms with van der Waals surface area (Å²) >= 11 is 0. The van der Waals surface area contributed by atoms with Crippen LogP contribution in [0.3, 0.4) is 0 Å². The lowest BCUT2D eigenvalue weighted by Gasteiger charge is -2.16. The number of nitrogens with one attached hydrogen (secondary N) is 2. The van der Waals surface area contributed by atoms with E-state index in [1.165, 1.54) is 0 Å². The third-order valence-electron chi connectivity index (χ3n) is 5.47. The Kier molecular flexibility index (Phi) is 6.60. The van der Waals surface area contributed by atoms with E-state index in [2.05, 4.69) is 20.0 Å². The minimum absolute atomic E-state index is 0.0607. The molecule has 3 aromatic rings. The van der Waals surface area contributed by atoms with Crippen molar-refractivity contribution in [2.75, 3.05) is 22.3 Å². The summed E-state index contributed by atoms with van der Waals surface area (Å²) in [5.41, 5.74) is 5.28. The Morgan fingerprint density at radius 2 is 2.06 bits per heavy atom. The van der Waals surface area contributed by atoms with Crippen LogP contribution in [0.15, 0.2) is 30.5 Å². The summed E-state index contributed by atoms with van der Waals surface area (Å²) < 4.78 is 29.3. The molecule has 0 radical (unpaired) electrons. The van der Waals surface area contributed by atoms with Gasteiger partial charge in [-0.05, 0) is 44.7 Å². The molecule has 1 aromatic carbocycles. The van der Waals surface area contributed by atoms with Gasteiger partial charge in [0.15, 0.2) is 0 Å². The molecule has 0 atom stereocenters. The molecular formula is C23H27N7O2S. The average molecular weight is 466 g/mol. The molecule has 10 heteroatoms. The summed E-state index contributed by atoms with van der Waals surface area (Å²) in [5.74, 6) is 0.153. The topological polar surface area (TPSA) is 126 Å². The van der Waals surface area contributed by atoms with Crippen molar-refractivity contribution in [1.82, 2.24) is 19.7 Å². The van der Waals surface area contributed by atoms with Crippen molar-refractivity contribution in [3.8, 4) is 28.6 Å². The van der Waals surface area contributed by atoms with Gasteiger partial charge in [-0.2, -0.15) is 10.4 Å². The first-order chi connectivity index (χ1) is 16.0.